The van der Waals surface area contributed by atoms with Crippen LogP contribution in [0.25, 0.3) is 6.08 Å². The first-order valence-corrected chi connectivity index (χ1v) is 13.2. The summed E-state index contributed by atoms with van der Waals surface area (Å²) in [5.41, 5.74) is 3.75. The molecule has 4 rings (SSSR count). The minimum absolute atomic E-state index is 0.0295. The van der Waals surface area contributed by atoms with Crippen LogP contribution < -0.4 is 14.8 Å². The third-order valence-electron chi connectivity index (χ3n) is 5.76. The molecular weight excluding hydrogens is 534 g/mol. The number of hydrogen-bond acceptors (Lipinski definition) is 8. The van der Waals surface area contributed by atoms with E-state index in [0.717, 1.165) is 27.8 Å². The number of nitro benzene ring substituents is 1. The van der Waals surface area contributed by atoms with Gasteiger partial charge in [0.2, 0.25) is 5.91 Å². The third kappa shape index (κ3) is 7.06. The maximum Gasteiger partial charge on any atom is 0.294 e. The highest BCUT2D eigenvalue weighted by atomic mass is 32.2. The van der Waals surface area contributed by atoms with Gasteiger partial charge in [0.25, 0.3) is 16.8 Å². The quantitative estimate of drug-likeness (QED) is 0.185. The minimum Gasteiger partial charge on any atom is -0.490 e. The van der Waals surface area contributed by atoms with Gasteiger partial charge in [0.15, 0.2) is 11.5 Å². The number of thioether (sulfide) groups is 1. The number of hydrogen-bond donors (Lipinski definition) is 1. The first kappa shape index (κ1) is 28.4. The molecular formula is C29H27N3O7S. The lowest BCUT2D eigenvalue weighted by Crippen LogP contribution is -2.36. The normalized spacial score (nSPS) is 14.0. The molecule has 0 atom stereocenters. The van der Waals surface area contributed by atoms with Crippen molar-refractivity contribution in [2.24, 2.45) is 0 Å². The Morgan fingerprint density at radius 2 is 1.77 bits per heavy atom. The fraction of sp³-hybridized carbons (Fsp3) is 0.207. The fourth-order valence-electron chi connectivity index (χ4n) is 4.10. The van der Waals surface area contributed by atoms with Crippen molar-refractivity contribution < 1.29 is 28.8 Å². The van der Waals surface area contributed by atoms with E-state index in [9.17, 15) is 24.5 Å². The number of aryl methyl sites for hydroxylation is 2. The topological polar surface area (TPSA) is 128 Å². The van der Waals surface area contributed by atoms with Gasteiger partial charge >= 0.3 is 0 Å². The second kappa shape index (κ2) is 12.5. The second-order valence-corrected chi connectivity index (χ2v) is 10.0. The Morgan fingerprint density at radius 1 is 1.02 bits per heavy atom. The molecule has 1 aliphatic heterocycles. The molecule has 0 radical (unpaired) electrons. The van der Waals surface area contributed by atoms with Crippen LogP contribution in [0.1, 0.15) is 29.2 Å². The van der Waals surface area contributed by atoms with E-state index >= 15 is 0 Å². The molecule has 0 saturated carbocycles. The Labute approximate surface area is 235 Å². The summed E-state index contributed by atoms with van der Waals surface area (Å²) in [6.07, 6.45) is 1.56. The molecule has 0 aromatic heterocycles. The van der Waals surface area contributed by atoms with Gasteiger partial charge in [0.1, 0.15) is 13.2 Å². The summed E-state index contributed by atoms with van der Waals surface area (Å²) in [7, 11) is 0. The van der Waals surface area contributed by atoms with E-state index in [4.69, 9.17) is 9.47 Å². The molecule has 3 aromatic carbocycles. The molecule has 1 heterocycles. The molecule has 1 N–H and O–H groups in total. The van der Waals surface area contributed by atoms with E-state index in [1.165, 1.54) is 12.1 Å². The smallest absolute Gasteiger partial charge is 0.294 e. The second-order valence-electron chi connectivity index (χ2n) is 9.05. The molecule has 1 aliphatic rings. The van der Waals surface area contributed by atoms with Crippen LogP contribution in [0, 0.1) is 24.0 Å². The first-order valence-electron chi connectivity index (χ1n) is 12.4. The number of rotatable bonds is 10. The zero-order valence-corrected chi connectivity index (χ0v) is 22.9. The van der Waals surface area contributed by atoms with Crippen LogP contribution in [0.5, 0.6) is 11.5 Å². The number of nitrogens with zero attached hydrogens (tertiary/aromatic N) is 2. The van der Waals surface area contributed by atoms with Gasteiger partial charge in [0.05, 0.1) is 16.4 Å². The van der Waals surface area contributed by atoms with E-state index in [-0.39, 0.29) is 17.2 Å². The van der Waals surface area contributed by atoms with Crippen molar-refractivity contribution in [1.82, 2.24) is 4.90 Å². The molecule has 0 spiro atoms. The molecule has 206 valence electrons. The molecule has 10 nitrogen and oxygen atoms in total. The summed E-state index contributed by atoms with van der Waals surface area (Å²) < 4.78 is 11.6. The van der Waals surface area contributed by atoms with Crippen LogP contribution in [-0.4, -0.2) is 40.0 Å². The highest BCUT2D eigenvalue weighted by molar-refractivity contribution is 8.18. The van der Waals surface area contributed by atoms with Gasteiger partial charge in [-0.05, 0) is 85.1 Å². The van der Waals surface area contributed by atoms with Crippen LogP contribution in [0.15, 0.2) is 65.6 Å². The molecule has 0 aliphatic carbocycles. The predicted octanol–water partition coefficient (Wildman–Crippen LogP) is 5.86. The van der Waals surface area contributed by atoms with Crippen molar-refractivity contribution in [1.29, 1.82) is 0 Å². The zero-order valence-electron chi connectivity index (χ0n) is 22.1. The number of anilines is 1. The molecule has 11 heteroatoms. The van der Waals surface area contributed by atoms with E-state index in [0.29, 0.717) is 34.9 Å². The summed E-state index contributed by atoms with van der Waals surface area (Å²) in [5.74, 6) is -0.206. The minimum atomic E-state index is -0.561. The van der Waals surface area contributed by atoms with Crippen LogP contribution >= 0.6 is 11.8 Å². The number of benzene rings is 3. The number of non-ortho nitro benzene ring substituents is 1. The lowest BCUT2D eigenvalue weighted by atomic mass is 10.1. The molecule has 0 unspecified atom stereocenters. The van der Waals surface area contributed by atoms with Crippen LogP contribution in [0.4, 0.5) is 16.2 Å². The van der Waals surface area contributed by atoms with Crippen molar-refractivity contribution in [3.05, 3.63) is 97.9 Å². The maximum absolute atomic E-state index is 13.0. The standard InChI is InChI=1S/C29H27N3O7S/c1-4-38-25-14-20(8-9-24(25)39-17-21-6-5-7-23(13-21)32(36)37)15-26-28(34)31(29(35)40-26)16-27(33)30-22-11-18(2)10-19(3)12-22/h5-15H,4,16-17H2,1-3H3,(H,30,33)/b26-15+. The van der Waals surface area contributed by atoms with E-state index in [1.54, 1.807) is 36.4 Å². The first-order chi connectivity index (χ1) is 19.1. The monoisotopic (exact) mass is 561 g/mol. The molecule has 40 heavy (non-hydrogen) atoms. The average molecular weight is 562 g/mol. The van der Waals surface area contributed by atoms with Gasteiger partial charge in [-0.15, -0.1) is 0 Å². The molecule has 1 fully saturated rings. The SMILES string of the molecule is CCOc1cc(/C=C2/SC(=O)N(CC(=O)Nc3cc(C)cc(C)c3)C2=O)ccc1OCc1cccc([N+](=O)[O-])c1. The van der Waals surface area contributed by atoms with Crippen LogP contribution in [0.3, 0.4) is 0 Å². The number of nitrogens with one attached hydrogen (secondary N) is 1. The lowest BCUT2D eigenvalue weighted by molar-refractivity contribution is -0.384. The van der Waals surface area contributed by atoms with Gasteiger partial charge in [-0.3, -0.25) is 29.4 Å². The number of imide groups is 1. The summed E-state index contributed by atoms with van der Waals surface area (Å²) >= 11 is 0.756. The van der Waals surface area contributed by atoms with Crippen LogP contribution in [0.2, 0.25) is 0 Å². The van der Waals surface area contributed by atoms with Crippen molar-refractivity contribution in [3.63, 3.8) is 0 Å². The third-order valence-corrected chi connectivity index (χ3v) is 6.67. The molecule has 1 saturated heterocycles. The van der Waals surface area contributed by atoms with Gasteiger partial charge in [0, 0.05) is 17.8 Å². The Bertz CT molecular complexity index is 1500. The number of nitro groups is 1. The summed E-state index contributed by atoms with van der Waals surface area (Å²) in [5, 5.41) is 13.2. The maximum atomic E-state index is 13.0. The Kier molecular flexibility index (Phi) is 8.85. The summed E-state index contributed by atoms with van der Waals surface area (Å²) in [6.45, 7) is 5.68. The van der Waals surface area contributed by atoms with E-state index in [2.05, 4.69) is 5.32 Å². The predicted molar refractivity (Wildman–Crippen MR) is 152 cm³/mol. The number of amides is 3. The van der Waals surface area contributed by atoms with Crippen molar-refractivity contribution in [2.45, 2.75) is 27.4 Å². The van der Waals surface area contributed by atoms with E-state index < -0.39 is 28.5 Å². The Hall–Kier alpha value is -4.64. The number of carbonyl (C=O) groups is 3. The highest BCUT2D eigenvalue weighted by Gasteiger charge is 2.36. The van der Waals surface area contributed by atoms with Crippen molar-refractivity contribution >= 4 is 46.3 Å². The number of carbonyl (C=O) groups excluding carboxylic acids is 3. The van der Waals surface area contributed by atoms with Crippen LogP contribution in [-0.2, 0) is 16.2 Å². The van der Waals surface area contributed by atoms with E-state index in [1.807, 2.05) is 39.0 Å². The highest BCUT2D eigenvalue weighted by Crippen LogP contribution is 2.35. The number of ether oxygens (including phenoxy) is 2. The Balaban J connectivity index is 1.45. The largest absolute Gasteiger partial charge is 0.490 e. The van der Waals surface area contributed by atoms with Gasteiger partial charge in [-0.2, -0.15) is 0 Å². The molecule has 0 bridgehead atoms. The van der Waals surface area contributed by atoms with Crippen molar-refractivity contribution in [3.8, 4) is 11.5 Å². The Morgan fingerprint density at radius 3 is 2.48 bits per heavy atom. The summed E-state index contributed by atoms with van der Waals surface area (Å²) in [6, 6.07) is 16.8. The van der Waals surface area contributed by atoms with Gasteiger partial charge < -0.3 is 14.8 Å². The fourth-order valence-corrected chi connectivity index (χ4v) is 4.94. The lowest BCUT2D eigenvalue weighted by Gasteiger charge is -2.13. The summed E-state index contributed by atoms with van der Waals surface area (Å²) in [4.78, 5) is 49.7. The van der Waals surface area contributed by atoms with Gasteiger partial charge in [-0.25, -0.2) is 0 Å². The molecule has 3 aromatic rings. The average Bonchev–Trinajstić information content (AvgIpc) is 3.15. The zero-order chi connectivity index (χ0) is 28.8. The van der Waals surface area contributed by atoms with Crippen molar-refractivity contribution in [2.75, 3.05) is 18.5 Å². The van der Waals surface area contributed by atoms with Gasteiger partial charge in [-0.1, -0.05) is 24.3 Å². The molecule has 3 amide bonds.